The minimum Gasteiger partial charge on any atom is -0.486 e. The highest BCUT2D eigenvalue weighted by molar-refractivity contribution is 6.00. The van der Waals surface area contributed by atoms with Crippen LogP contribution < -0.4 is 9.47 Å². The number of nitrogens with zero attached hydrogens (tertiary/aromatic N) is 1. The molecular weight excluding hydrogens is 410 g/mol. The molecule has 1 aliphatic rings. The van der Waals surface area contributed by atoms with Crippen molar-refractivity contribution in [2.45, 2.75) is 20.5 Å². The largest absolute Gasteiger partial charge is 0.486 e. The number of hydrogen-bond acceptors (Lipinski definition) is 6. The average molecular weight is 435 g/mol. The summed E-state index contributed by atoms with van der Waals surface area (Å²) < 4.78 is 23.6. The van der Waals surface area contributed by atoms with Gasteiger partial charge < -0.3 is 23.5 Å². The number of rotatable bonds is 7. The van der Waals surface area contributed by atoms with Crippen LogP contribution in [0.2, 0.25) is 0 Å². The van der Waals surface area contributed by atoms with Crippen LogP contribution >= 0.6 is 0 Å². The molecule has 32 heavy (non-hydrogen) atoms. The lowest BCUT2D eigenvalue weighted by atomic mass is 10.1. The number of esters is 1. The summed E-state index contributed by atoms with van der Waals surface area (Å²) in [6.07, 6.45) is 0. The Hall–Kier alpha value is -3.58. The van der Waals surface area contributed by atoms with Crippen molar-refractivity contribution in [1.82, 2.24) is 4.57 Å². The molecule has 1 aromatic heterocycles. The van der Waals surface area contributed by atoms with E-state index in [-0.39, 0.29) is 12.4 Å². The molecule has 3 aromatic rings. The summed E-state index contributed by atoms with van der Waals surface area (Å²) in [7, 11) is 1.59. The van der Waals surface area contributed by atoms with E-state index in [0.717, 1.165) is 22.6 Å². The van der Waals surface area contributed by atoms with Gasteiger partial charge in [-0.1, -0.05) is 12.1 Å². The van der Waals surface area contributed by atoms with Gasteiger partial charge in [0.1, 0.15) is 13.2 Å². The predicted octanol–water partition coefficient (Wildman–Crippen LogP) is 4.05. The molecule has 0 N–H and O–H groups in total. The maximum atomic E-state index is 12.8. The number of ether oxygens (including phenoxy) is 4. The highest BCUT2D eigenvalue weighted by Crippen LogP contribution is 2.33. The molecule has 0 bridgehead atoms. The van der Waals surface area contributed by atoms with Crippen molar-refractivity contribution < 1.29 is 28.5 Å². The van der Waals surface area contributed by atoms with Crippen LogP contribution in [0.5, 0.6) is 11.5 Å². The molecule has 2 heterocycles. The highest BCUT2D eigenvalue weighted by Gasteiger charge is 2.20. The summed E-state index contributed by atoms with van der Waals surface area (Å²) in [5, 5.41) is 0. The van der Waals surface area contributed by atoms with Gasteiger partial charge in [0.2, 0.25) is 5.78 Å². The van der Waals surface area contributed by atoms with Crippen molar-refractivity contribution >= 4 is 11.8 Å². The molecule has 1 aliphatic heterocycles. The fourth-order valence-electron chi connectivity index (χ4n) is 3.86. The summed E-state index contributed by atoms with van der Waals surface area (Å²) in [6.45, 7) is 4.89. The molecule has 7 heteroatoms. The maximum absolute atomic E-state index is 12.8. The monoisotopic (exact) mass is 435 g/mol. The van der Waals surface area contributed by atoms with Crippen molar-refractivity contribution in [1.29, 1.82) is 0 Å². The van der Waals surface area contributed by atoms with E-state index in [1.54, 1.807) is 25.3 Å². The van der Waals surface area contributed by atoms with Crippen LogP contribution in [0.1, 0.15) is 37.7 Å². The first kappa shape index (κ1) is 21.6. The van der Waals surface area contributed by atoms with Gasteiger partial charge in [0.25, 0.3) is 0 Å². The number of benzene rings is 2. The van der Waals surface area contributed by atoms with Gasteiger partial charge in [0.05, 0.1) is 12.2 Å². The molecule has 166 valence electrons. The molecule has 4 rings (SSSR count). The van der Waals surface area contributed by atoms with Gasteiger partial charge in [0.15, 0.2) is 18.1 Å². The number of hydrogen-bond donors (Lipinski definition) is 0. The molecule has 0 spiro atoms. The zero-order chi connectivity index (χ0) is 22.7. The van der Waals surface area contributed by atoms with Crippen LogP contribution in [0, 0.1) is 13.8 Å². The molecule has 0 aliphatic carbocycles. The van der Waals surface area contributed by atoms with Gasteiger partial charge in [0, 0.05) is 35.8 Å². The Morgan fingerprint density at radius 1 is 1.00 bits per heavy atom. The third-order valence-electron chi connectivity index (χ3n) is 5.32. The number of ketones is 1. The van der Waals surface area contributed by atoms with Crippen LogP contribution in [-0.2, 0) is 16.1 Å². The molecule has 0 fully saturated rings. The Kier molecular flexibility index (Phi) is 6.28. The Morgan fingerprint density at radius 3 is 2.56 bits per heavy atom. The van der Waals surface area contributed by atoms with Gasteiger partial charge in [-0.05, 0) is 49.7 Å². The molecule has 0 saturated carbocycles. The van der Waals surface area contributed by atoms with E-state index < -0.39 is 5.97 Å². The fourth-order valence-corrected chi connectivity index (χ4v) is 3.86. The first-order valence-electron chi connectivity index (χ1n) is 10.3. The first-order chi connectivity index (χ1) is 15.5. The van der Waals surface area contributed by atoms with Gasteiger partial charge in [-0.15, -0.1) is 0 Å². The minimum absolute atomic E-state index is 0.261. The molecule has 0 atom stereocenters. The SMILES string of the molecule is COCc1cccc(C(=O)OCC(=O)c2cc(C)n(-c3ccc4c(c3)OCCO4)c2C)c1. The lowest BCUT2D eigenvalue weighted by Gasteiger charge is -2.20. The summed E-state index contributed by atoms with van der Waals surface area (Å²) in [5.74, 6) is 0.583. The predicted molar refractivity (Wildman–Crippen MR) is 118 cm³/mol. The number of fused-ring (bicyclic) bond motifs is 1. The van der Waals surface area contributed by atoms with E-state index in [1.165, 1.54) is 0 Å². The van der Waals surface area contributed by atoms with Crippen LogP contribution in [0.15, 0.2) is 48.5 Å². The lowest BCUT2D eigenvalue weighted by Crippen LogP contribution is -2.16. The molecule has 0 saturated heterocycles. The third kappa shape index (κ3) is 4.38. The summed E-state index contributed by atoms with van der Waals surface area (Å²) in [6, 6.07) is 14.5. The lowest BCUT2D eigenvalue weighted by molar-refractivity contribution is 0.0474. The average Bonchev–Trinajstić information content (AvgIpc) is 3.11. The van der Waals surface area contributed by atoms with Crippen molar-refractivity contribution in [3.8, 4) is 17.2 Å². The van der Waals surface area contributed by atoms with Gasteiger partial charge >= 0.3 is 5.97 Å². The molecule has 7 nitrogen and oxygen atoms in total. The number of aryl methyl sites for hydroxylation is 1. The van der Waals surface area contributed by atoms with Gasteiger partial charge in [-0.25, -0.2) is 4.79 Å². The van der Waals surface area contributed by atoms with Crippen molar-refractivity contribution in [3.05, 3.63) is 76.6 Å². The Balaban J connectivity index is 1.49. The number of Topliss-reactive ketones (excluding diaryl/α,β-unsaturated/α-hetero) is 1. The Morgan fingerprint density at radius 2 is 1.78 bits per heavy atom. The molecule has 0 unspecified atom stereocenters. The van der Waals surface area contributed by atoms with E-state index in [2.05, 4.69) is 0 Å². The van der Waals surface area contributed by atoms with Crippen LogP contribution in [-0.4, -0.2) is 43.3 Å². The quantitative estimate of drug-likeness (QED) is 0.412. The summed E-state index contributed by atoms with van der Waals surface area (Å²) in [5.41, 5.74) is 4.28. The Bertz CT molecular complexity index is 1160. The van der Waals surface area contributed by atoms with Crippen LogP contribution in [0.25, 0.3) is 5.69 Å². The second kappa shape index (κ2) is 9.28. The zero-order valence-electron chi connectivity index (χ0n) is 18.3. The normalized spacial score (nSPS) is 12.5. The van der Waals surface area contributed by atoms with E-state index in [0.29, 0.717) is 42.4 Å². The molecule has 0 amide bonds. The second-order valence-electron chi connectivity index (χ2n) is 7.58. The van der Waals surface area contributed by atoms with Crippen molar-refractivity contribution in [2.24, 2.45) is 0 Å². The highest BCUT2D eigenvalue weighted by atomic mass is 16.6. The number of aromatic nitrogens is 1. The topological polar surface area (TPSA) is 76.0 Å². The minimum atomic E-state index is -0.544. The van der Waals surface area contributed by atoms with Crippen molar-refractivity contribution in [2.75, 3.05) is 26.9 Å². The van der Waals surface area contributed by atoms with Crippen LogP contribution in [0.4, 0.5) is 0 Å². The second-order valence-corrected chi connectivity index (χ2v) is 7.58. The standard InChI is InChI=1S/C25H25NO6/c1-16-11-21(17(2)26(16)20-7-8-23-24(13-20)31-10-9-30-23)22(27)15-32-25(28)19-6-4-5-18(12-19)14-29-3/h4-8,11-13H,9-10,14-15H2,1-3H3. The summed E-state index contributed by atoms with van der Waals surface area (Å²) >= 11 is 0. The number of methoxy groups -OCH3 is 1. The smallest absolute Gasteiger partial charge is 0.338 e. The van der Waals surface area contributed by atoms with Gasteiger partial charge in [-0.2, -0.15) is 0 Å². The van der Waals surface area contributed by atoms with Crippen LogP contribution in [0.3, 0.4) is 0 Å². The van der Waals surface area contributed by atoms with Crippen molar-refractivity contribution in [3.63, 3.8) is 0 Å². The first-order valence-corrected chi connectivity index (χ1v) is 10.3. The fraction of sp³-hybridized carbons (Fsp3) is 0.280. The molecule has 0 radical (unpaired) electrons. The number of carbonyl (C=O) groups excluding carboxylic acids is 2. The van der Waals surface area contributed by atoms with E-state index in [4.69, 9.17) is 18.9 Å². The Labute approximate surface area is 186 Å². The van der Waals surface area contributed by atoms with Gasteiger partial charge in [-0.3, -0.25) is 4.79 Å². The zero-order valence-corrected chi connectivity index (χ0v) is 18.3. The maximum Gasteiger partial charge on any atom is 0.338 e. The third-order valence-corrected chi connectivity index (χ3v) is 5.32. The number of carbonyl (C=O) groups is 2. The molecule has 2 aromatic carbocycles. The van der Waals surface area contributed by atoms with E-state index in [9.17, 15) is 9.59 Å². The molecular formula is C25H25NO6. The van der Waals surface area contributed by atoms with E-state index in [1.807, 2.05) is 48.7 Å². The summed E-state index contributed by atoms with van der Waals surface area (Å²) in [4.78, 5) is 25.3. The van der Waals surface area contributed by atoms with E-state index >= 15 is 0 Å².